The minimum absolute atomic E-state index is 0.123. The van der Waals surface area contributed by atoms with Crippen LogP contribution >= 0.6 is 23.1 Å². The average Bonchev–Trinajstić information content (AvgIpc) is 3.30. The number of rotatable bonds is 5. The van der Waals surface area contributed by atoms with Gasteiger partial charge in [0.2, 0.25) is 5.91 Å². The number of thioether (sulfide) groups is 1. The molecular formula is C16H12N6OS2. The molecular weight excluding hydrogens is 356 g/mol. The second kappa shape index (κ2) is 6.99. The van der Waals surface area contributed by atoms with Gasteiger partial charge in [-0.3, -0.25) is 4.79 Å². The van der Waals surface area contributed by atoms with E-state index in [-0.39, 0.29) is 11.7 Å². The predicted molar refractivity (Wildman–Crippen MR) is 98.1 cm³/mol. The Kier molecular flexibility index (Phi) is 4.40. The monoisotopic (exact) mass is 368 g/mol. The number of amides is 1. The van der Waals surface area contributed by atoms with Gasteiger partial charge in [-0.2, -0.15) is 5.10 Å². The van der Waals surface area contributed by atoms with Gasteiger partial charge < -0.3 is 5.32 Å². The van der Waals surface area contributed by atoms with Crippen molar-refractivity contribution in [2.75, 3.05) is 11.1 Å². The number of aromatic nitrogens is 5. The number of fused-ring (bicyclic) bond motifs is 1. The molecule has 0 aliphatic heterocycles. The van der Waals surface area contributed by atoms with Gasteiger partial charge in [0.1, 0.15) is 11.4 Å². The van der Waals surface area contributed by atoms with Gasteiger partial charge in [-0.1, -0.05) is 30.0 Å². The van der Waals surface area contributed by atoms with E-state index < -0.39 is 0 Å². The maximum absolute atomic E-state index is 12.0. The van der Waals surface area contributed by atoms with Gasteiger partial charge >= 0.3 is 0 Å². The lowest BCUT2D eigenvalue weighted by Crippen LogP contribution is -2.13. The van der Waals surface area contributed by atoms with Crippen LogP contribution < -0.4 is 5.32 Å². The minimum Gasteiger partial charge on any atom is -0.301 e. The predicted octanol–water partition coefficient (Wildman–Crippen LogP) is 3.00. The Morgan fingerprint density at radius 1 is 1.20 bits per heavy atom. The molecule has 0 spiro atoms. The summed E-state index contributed by atoms with van der Waals surface area (Å²) in [6.07, 6.45) is 4.87. The summed E-state index contributed by atoms with van der Waals surface area (Å²) >= 11 is 2.73. The Bertz CT molecular complexity index is 1000. The molecule has 1 N–H and O–H groups in total. The fraction of sp³-hybridized carbons (Fsp3) is 0.0625. The zero-order valence-corrected chi connectivity index (χ0v) is 14.5. The fourth-order valence-corrected chi connectivity index (χ4v) is 3.58. The van der Waals surface area contributed by atoms with Crippen LogP contribution in [0.5, 0.6) is 0 Å². The van der Waals surface area contributed by atoms with E-state index in [1.807, 2.05) is 35.7 Å². The summed E-state index contributed by atoms with van der Waals surface area (Å²) in [6, 6.07) is 9.77. The largest absolute Gasteiger partial charge is 0.301 e. The molecule has 0 atom stereocenters. The van der Waals surface area contributed by atoms with Gasteiger partial charge in [-0.25, -0.2) is 19.6 Å². The van der Waals surface area contributed by atoms with E-state index in [0.717, 1.165) is 16.1 Å². The summed E-state index contributed by atoms with van der Waals surface area (Å²) in [5.41, 5.74) is 1.64. The molecule has 1 aromatic carbocycles. The molecule has 7 nitrogen and oxygen atoms in total. The molecule has 0 aliphatic carbocycles. The van der Waals surface area contributed by atoms with Crippen LogP contribution in [0.2, 0.25) is 0 Å². The lowest BCUT2D eigenvalue weighted by Gasteiger charge is -2.04. The molecule has 4 aromatic rings. The fourth-order valence-electron chi connectivity index (χ4n) is 2.27. The molecule has 124 valence electrons. The first-order valence-electron chi connectivity index (χ1n) is 7.37. The molecule has 1 amide bonds. The van der Waals surface area contributed by atoms with Gasteiger partial charge in [0.05, 0.1) is 23.0 Å². The molecule has 0 aliphatic rings. The van der Waals surface area contributed by atoms with Crippen LogP contribution in [0.15, 0.2) is 59.5 Å². The highest BCUT2D eigenvalue weighted by Crippen LogP contribution is 2.25. The van der Waals surface area contributed by atoms with Crippen molar-refractivity contribution < 1.29 is 4.79 Å². The molecule has 25 heavy (non-hydrogen) atoms. The lowest BCUT2D eigenvalue weighted by molar-refractivity contribution is -0.113. The van der Waals surface area contributed by atoms with Crippen molar-refractivity contribution in [3.05, 3.63) is 54.4 Å². The molecule has 0 bridgehead atoms. The number of nitrogens with zero attached hydrogens (tertiary/aromatic N) is 5. The molecule has 0 unspecified atom stereocenters. The molecule has 4 rings (SSSR count). The lowest BCUT2D eigenvalue weighted by atomic mass is 10.3. The third-order valence-corrected chi connectivity index (χ3v) is 5.04. The number of hydrogen-bond acceptors (Lipinski definition) is 7. The Morgan fingerprint density at radius 2 is 2.08 bits per heavy atom. The van der Waals surface area contributed by atoms with Gasteiger partial charge in [-0.05, 0) is 12.1 Å². The summed E-state index contributed by atoms with van der Waals surface area (Å²) in [6.45, 7) is 0. The summed E-state index contributed by atoms with van der Waals surface area (Å²) in [7, 11) is 0. The first-order valence-corrected chi connectivity index (χ1v) is 9.24. The third-order valence-electron chi connectivity index (χ3n) is 3.35. The first kappa shape index (κ1) is 15.7. The summed E-state index contributed by atoms with van der Waals surface area (Å²) in [4.78, 5) is 24.7. The molecule has 0 radical (unpaired) electrons. The number of benzene rings is 1. The quantitative estimate of drug-likeness (QED) is 0.430. The van der Waals surface area contributed by atoms with Crippen LogP contribution in [-0.4, -0.2) is 36.4 Å². The molecule has 0 saturated heterocycles. The van der Waals surface area contributed by atoms with Crippen molar-refractivity contribution in [3.63, 3.8) is 0 Å². The van der Waals surface area contributed by atoms with Gasteiger partial charge in [-0.15, -0.1) is 11.3 Å². The van der Waals surface area contributed by atoms with Crippen molar-refractivity contribution in [2.24, 2.45) is 0 Å². The summed E-state index contributed by atoms with van der Waals surface area (Å²) in [5, 5.41) is 11.1. The molecule has 9 heteroatoms. The number of carbonyl (C=O) groups excluding carboxylic acids is 1. The Hall–Kier alpha value is -2.78. The highest BCUT2D eigenvalue weighted by atomic mass is 32.2. The third kappa shape index (κ3) is 3.37. The number of para-hydroxylation sites is 1. The maximum Gasteiger partial charge on any atom is 0.236 e. The van der Waals surface area contributed by atoms with Gasteiger partial charge in [0, 0.05) is 11.6 Å². The maximum atomic E-state index is 12.0. The summed E-state index contributed by atoms with van der Waals surface area (Å²) < 4.78 is 1.76. The van der Waals surface area contributed by atoms with Crippen LogP contribution in [0.3, 0.4) is 0 Å². The first-order chi connectivity index (χ1) is 12.3. The van der Waals surface area contributed by atoms with Crippen LogP contribution in [0.25, 0.3) is 16.7 Å². The number of nitrogens with one attached hydrogen (secondary N) is 1. The van der Waals surface area contributed by atoms with E-state index in [9.17, 15) is 4.79 Å². The normalized spacial score (nSPS) is 10.9. The van der Waals surface area contributed by atoms with Gasteiger partial charge in [0.25, 0.3) is 0 Å². The highest BCUT2D eigenvalue weighted by Gasteiger charge is 2.13. The minimum atomic E-state index is -0.123. The highest BCUT2D eigenvalue weighted by molar-refractivity contribution is 8.00. The number of hydrogen-bond donors (Lipinski definition) is 1. The average molecular weight is 368 g/mol. The van der Waals surface area contributed by atoms with E-state index in [2.05, 4.69) is 25.4 Å². The molecule has 3 heterocycles. The topological polar surface area (TPSA) is 85.6 Å². The van der Waals surface area contributed by atoms with E-state index in [4.69, 9.17) is 0 Å². The number of carbonyl (C=O) groups is 1. The van der Waals surface area contributed by atoms with Crippen LogP contribution in [0.1, 0.15) is 0 Å². The van der Waals surface area contributed by atoms with E-state index in [1.165, 1.54) is 29.4 Å². The van der Waals surface area contributed by atoms with Crippen molar-refractivity contribution in [3.8, 4) is 5.69 Å². The van der Waals surface area contributed by atoms with E-state index in [0.29, 0.717) is 10.8 Å². The Morgan fingerprint density at radius 3 is 2.88 bits per heavy atom. The Labute approximate surface area is 151 Å². The van der Waals surface area contributed by atoms with E-state index >= 15 is 0 Å². The number of anilines is 1. The smallest absolute Gasteiger partial charge is 0.236 e. The Balaban J connectivity index is 1.54. The zero-order valence-electron chi connectivity index (χ0n) is 12.9. The molecule has 0 saturated carbocycles. The van der Waals surface area contributed by atoms with Crippen molar-refractivity contribution >= 4 is 45.2 Å². The second-order valence-electron chi connectivity index (χ2n) is 4.98. The van der Waals surface area contributed by atoms with Crippen molar-refractivity contribution in [1.29, 1.82) is 0 Å². The van der Waals surface area contributed by atoms with Crippen LogP contribution in [0.4, 0.5) is 5.13 Å². The van der Waals surface area contributed by atoms with Crippen LogP contribution in [-0.2, 0) is 4.79 Å². The molecule has 3 aromatic heterocycles. The second-order valence-corrected chi connectivity index (χ2v) is 6.84. The molecule has 0 fully saturated rings. The van der Waals surface area contributed by atoms with Gasteiger partial charge in [0.15, 0.2) is 10.8 Å². The van der Waals surface area contributed by atoms with Crippen molar-refractivity contribution in [1.82, 2.24) is 24.7 Å². The standard InChI is InChI=1S/C16H12N6OS2/c23-13(21-16-17-6-7-24-16)9-25-15-12-8-20-22(14(12)18-10-19-15)11-4-2-1-3-5-11/h1-8,10H,9H2,(H,17,21,23). The van der Waals surface area contributed by atoms with E-state index in [1.54, 1.807) is 17.1 Å². The number of thiazole rings is 1. The zero-order chi connectivity index (χ0) is 17.1. The van der Waals surface area contributed by atoms with Crippen LogP contribution in [0, 0.1) is 0 Å². The SMILES string of the molecule is O=C(CSc1ncnc2c1cnn2-c1ccccc1)Nc1nccs1. The van der Waals surface area contributed by atoms with Crippen molar-refractivity contribution in [2.45, 2.75) is 5.03 Å². The summed E-state index contributed by atoms with van der Waals surface area (Å²) in [5.74, 6) is 0.115.